The number of nitrogens with zero attached hydrogens (tertiary/aromatic N) is 3. The molecule has 1 aliphatic carbocycles. The summed E-state index contributed by atoms with van der Waals surface area (Å²) in [5.74, 6) is 2.13. The maximum atomic E-state index is 6.20. The molecule has 0 amide bonds. The number of anilines is 4. The predicted octanol–water partition coefficient (Wildman–Crippen LogP) is 4.03. The van der Waals surface area contributed by atoms with Gasteiger partial charge in [-0.25, -0.2) is 15.0 Å². The molecule has 0 radical (unpaired) electrons. The largest absolute Gasteiger partial charge is 0.339 e. The van der Waals surface area contributed by atoms with E-state index in [1.165, 1.54) is 6.33 Å². The highest BCUT2D eigenvalue weighted by Gasteiger charge is 2.40. The summed E-state index contributed by atoms with van der Waals surface area (Å²) in [7, 11) is 0. The Kier molecular flexibility index (Phi) is 4.48. The molecule has 0 spiro atoms. The van der Waals surface area contributed by atoms with Crippen LogP contribution in [0.1, 0.15) is 18.4 Å². The number of hydrogen-bond donors (Lipinski definition) is 3. The van der Waals surface area contributed by atoms with Crippen molar-refractivity contribution >= 4 is 34.9 Å². The highest BCUT2D eigenvalue weighted by Crippen LogP contribution is 2.42. The van der Waals surface area contributed by atoms with Crippen LogP contribution < -0.4 is 16.4 Å². The first-order chi connectivity index (χ1) is 12.7. The molecular formula is C19H20N6S. The van der Waals surface area contributed by atoms with Crippen LogP contribution in [0, 0.1) is 0 Å². The average molecular weight is 364 g/mol. The second-order valence-corrected chi connectivity index (χ2v) is 7.18. The maximum absolute atomic E-state index is 6.20. The van der Waals surface area contributed by atoms with Crippen molar-refractivity contribution in [3.63, 3.8) is 0 Å². The van der Waals surface area contributed by atoms with Crippen molar-refractivity contribution in [3.8, 4) is 0 Å². The van der Waals surface area contributed by atoms with Crippen molar-refractivity contribution in [3.05, 3.63) is 60.6 Å². The monoisotopic (exact) mass is 364 g/mol. The number of hydrogen-bond acceptors (Lipinski definition) is 7. The van der Waals surface area contributed by atoms with E-state index in [1.54, 1.807) is 11.8 Å². The second-order valence-electron chi connectivity index (χ2n) is 6.33. The Morgan fingerprint density at radius 3 is 2.42 bits per heavy atom. The van der Waals surface area contributed by atoms with Crippen molar-refractivity contribution in [1.29, 1.82) is 0 Å². The van der Waals surface area contributed by atoms with Crippen LogP contribution in [0.4, 0.5) is 23.1 Å². The fourth-order valence-corrected chi connectivity index (χ4v) is 3.25. The van der Waals surface area contributed by atoms with Crippen LogP contribution in [-0.2, 0) is 5.54 Å². The molecule has 0 saturated heterocycles. The van der Waals surface area contributed by atoms with Crippen LogP contribution >= 0.6 is 11.8 Å². The molecule has 4 rings (SSSR count). The first kappa shape index (κ1) is 16.8. The van der Waals surface area contributed by atoms with E-state index in [2.05, 4.69) is 37.9 Å². The zero-order valence-electron chi connectivity index (χ0n) is 14.4. The number of thioether (sulfide) groups is 1. The Balaban J connectivity index is 1.49. The first-order valence-corrected chi connectivity index (χ1v) is 9.63. The van der Waals surface area contributed by atoms with Gasteiger partial charge in [0.05, 0.1) is 5.69 Å². The first-order valence-electron chi connectivity index (χ1n) is 8.41. The molecular weight excluding hydrogens is 344 g/mol. The van der Waals surface area contributed by atoms with Crippen LogP contribution in [-0.4, -0.2) is 21.2 Å². The lowest BCUT2D eigenvalue weighted by Crippen LogP contribution is -2.18. The van der Waals surface area contributed by atoms with Crippen molar-refractivity contribution in [2.24, 2.45) is 5.73 Å². The molecule has 1 aromatic carbocycles. The van der Waals surface area contributed by atoms with Gasteiger partial charge in [-0.1, -0.05) is 18.2 Å². The lowest BCUT2D eigenvalue weighted by molar-refractivity contribution is 0.735. The van der Waals surface area contributed by atoms with Gasteiger partial charge in [-0.05, 0) is 42.9 Å². The Morgan fingerprint density at radius 2 is 1.73 bits per heavy atom. The number of rotatable bonds is 6. The van der Waals surface area contributed by atoms with Crippen LogP contribution in [0.25, 0.3) is 0 Å². The summed E-state index contributed by atoms with van der Waals surface area (Å²) in [6.07, 6.45) is 7.47. The number of aromatic nitrogens is 3. The standard InChI is InChI=1S/C19H20N6S/c1-26-15-5-3-2-4-14(15)24-17-10-18(23-12-22-17)25-16-7-6-13(11-21-16)19(20)8-9-19/h2-7,10-12H,8-9,20H2,1H3,(H2,21,22,23,24,25). The smallest absolute Gasteiger partial charge is 0.137 e. The molecule has 0 bridgehead atoms. The molecule has 26 heavy (non-hydrogen) atoms. The van der Waals surface area contributed by atoms with Crippen molar-refractivity contribution in [2.45, 2.75) is 23.3 Å². The summed E-state index contributed by atoms with van der Waals surface area (Å²) in [6.45, 7) is 0. The summed E-state index contributed by atoms with van der Waals surface area (Å²) in [6, 6.07) is 13.9. The number of benzene rings is 1. The topological polar surface area (TPSA) is 88.8 Å². The highest BCUT2D eigenvalue weighted by atomic mass is 32.2. The molecule has 6 nitrogen and oxygen atoms in total. The van der Waals surface area contributed by atoms with Crippen LogP contribution in [0.5, 0.6) is 0 Å². The van der Waals surface area contributed by atoms with Gasteiger partial charge in [0.1, 0.15) is 23.8 Å². The summed E-state index contributed by atoms with van der Waals surface area (Å²) >= 11 is 1.69. The molecule has 4 N–H and O–H groups in total. The summed E-state index contributed by atoms with van der Waals surface area (Å²) in [5.41, 5.74) is 8.14. The third-order valence-corrected chi connectivity index (χ3v) is 5.22. The molecule has 1 fully saturated rings. The lowest BCUT2D eigenvalue weighted by Gasteiger charge is -2.12. The minimum atomic E-state index is -0.164. The SMILES string of the molecule is CSc1ccccc1Nc1cc(Nc2ccc(C3(N)CC3)cn2)ncn1. The molecule has 1 aliphatic rings. The van der Waals surface area contributed by atoms with E-state index >= 15 is 0 Å². The van der Waals surface area contributed by atoms with Gasteiger partial charge in [-0.15, -0.1) is 11.8 Å². The Labute approximate surface area is 156 Å². The van der Waals surface area contributed by atoms with E-state index in [4.69, 9.17) is 5.73 Å². The molecule has 132 valence electrons. The summed E-state index contributed by atoms with van der Waals surface area (Å²) in [5, 5.41) is 6.55. The molecule has 2 aromatic heterocycles. The van der Waals surface area contributed by atoms with Crippen molar-refractivity contribution in [2.75, 3.05) is 16.9 Å². The number of pyridine rings is 1. The Morgan fingerprint density at radius 1 is 0.962 bits per heavy atom. The molecule has 0 unspecified atom stereocenters. The summed E-state index contributed by atoms with van der Waals surface area (Å²) in [4.78, 5) is 14.2. The van der Waals surface area contributed by atoms with Crippen molar-refractivity contribution < 1.29 is 0 Å². The van der Waals surface area contributed by atoms with Gasteiger partial charge < -0.3 is 16.4 Å². The van der Waals surface area contributed by atoms with Crippen molar-refractivity contribution in [1.82, 2.24) is 15.0 Å². The number of nitrogens with one attached hydrogen (secondary N) is 2. The van der Waals surface area contributed by atoms with Gasteiger partial charge >= 0.3 is 0 Å². The molecule has 2 heterocycles. The van der Waals surface area contributed by atoms with E-state index in [0.29, 0.717) is 5.82 Å². The number of nitrogens with two attached hydrogens (primary N) is 1. The van der Waals surface area contributed by atoms with E-state index in [-0.39, 0.29) is 5.54 Å². The van der Waals surface area contributed by atoms with Gasteiger partial charge in [0.2, 0.25) is 0 Å². The van der Waals surface area contributed by atoms with E-state index in [0.717, 1.165) is 40.6 Å². The predicted molar refractivity (Wildman–Crippen MR) is 106 cm³/mol. The fourth-order valence-electron chi connectivity index (χ4n) is 2.70. The zero-order valence-corrected chi connectivity index (χ0v) is 15.3. The third kappa shape index (κ3) is 3.63. The average Bonchev–Trinajstić information content (AvgIpc) is 3.42. The molecule has 0 aliphatic heterocycles. The van der Waals surface area contributed by atoms with E-state index < -0.39 is 0 Å². The molecule has 7 heteroatoms. The van der Waals surface area contributed by atoms with Gasteiger partial charge in [0.15, 0.2) is 0 Å². The molecule has 3 aromatic rings. The normalized spacial score (nSPS) is 14.7. The zero-order chi connectivity index (χ0) is 18.0. The number of para-hydroxylation sites is 1. The van der Waals surface area contributed by atoms with Crippen LogP contribution in [0.2, 0.25) is 0 Å². The van der Waals surface area contributed by atoms with E-state index in [9.17, 15) is 0 Å². The van der Waals surface area contributed by atoms with Gasteiger partial charge in [0, 0.05) is 22.7 Å². The second kappa shape index (κ2) is 6.93. The highest BCUT2D eigenvalue weighted by molar-refractivity contribution is 7.98. The Bertz CT molecular complexity index is 908. The van der Waals surface area contributed by atoms with Gasteiger partial charge in [-0.3, -0.25) is 0 Å². The van der Waals surface area contributed by atoms with Gasteiger partial charge in [-0.2, -0.15) is 0 Å². The molecule has 0 atom stereocenters. The van der Waals surface area contributed by atoms with Crippen LogP contribution in [0.15, 0.2) is 59.9 Å². The summed E-state index contributed by atoms with van der Waals surface area (Å²) < 4.78 is 0. The van der Waals surface area contributed by atoms with E-state index in [1.807, 2.05) is 42.6 Å². The quantitative estimate of drug-likeness (QED) is 0.569. The fraction of sp³-hybridized carbons (Fsp3) is 0.211. The minimum Gasteiger partial charge on any atom is -0.339 e. The third-order valence-electron chi connectivity index (χ3n) is 4.42. The Hall–Kier alpha value is -2.64. The lowest BCUT2D eigenvalue weighted by atomic mass is 10.1. The minimum absolute atomic E-state index is 0.164. The maximum Gasteiger partial charge on any atom is 0.137 e. The van der Waals surface area contributed by atoms with Crippen LogP contribution in [0.3, 0.4) is 0 Å². The van der Waals surface area contributed by atoms with Gasteiger partial charge in [0.25, 0.3) is 0 Å². The molecule has 1 saturated carbocycles.